The van der Waals surface area contributed by atoms with Crippen molar-refractivity contribution >= 4 is 6.01 Å². The van der Waals surface area contributed by atoms with E-state index in [4.69, 9.17) is 4.42 Å². The monoisotopic (exact) mass is 423 g/mol. The largest absolute Gasteiger partial charge is 0.423 e. The summed E-state index contributed by atoms with van der Waals surface area (Å²) >= 11 is 0. The van der Waals surface area contributed by atoms with E-state index in [9.17, 15) is 26.3 Å². The predicted octanol–water partition coefficient (Wildman–Crippen LogP) is 5.38. The minimum atomic E-state index is -4.42. The summed E-state index contributed by atoms with van der Waals surface area (Å²) in [5.74, 6) is 0.344. The van der Waals surface area contributed by atoms with Gasteiger partial charge in [0.1, 0.15) is 0 Å². The van der Waals surface area contributed by atoms with Crippen molar-refractivity contribution in [2.75, 3.05) is 37.6 Å². The quantitative estimate of drug-likeness (QED) is 0.621. The molecule has 162 valence electrons. The first-order valence-electron chi connectivity index (χ1n) is 9.22. The van der Waals surface area contributed by atoms with E-state index in [1.54, 1.807) is 11.8 Å². The zero-order valence-corrected chi connectivity index (χ0v) is 16.4. The summed E-state index contributed by atoms with van der Waals surface area (Å²) < 4.78 is 81.0. The maximum atomic E-state index is 12.7. The van der Waals surface area contributed by atoms with E-state index in [-0.39, 0.29) is 19.1 Å². The van der Waals surface area contributed by atoms with Crippen LogP contribution in [0.5, 0.6) is 0 Å². The molecule has 1 aliphatic heterocycles. The SMILES string of the molecule is CC.Cc1nc(N2CCN(CC(F)(F)F)CC2)oc1-c1ccc(C(F)(F)F)cc1. The Labute approximate surface area is 165 Å². The molecule has 0 amide bonds. The normalized spacial score (nSPS) is 15.8. The highest BCUT2D eigenvalue weighted by Crippen LogP contribution is 2.33. The first kappa shape index (κ1) is 23.1. The Kier molecular flexibility index (Phi) is 7.20. The molecule has 1 aromatic carbocycles. The number of alkyl halides is 6. The van der Waals surface area contributed by atoms with Gasteiger partial charge in [-0.3, -0.25) is 4.90 Å². The Morgan fingerprint density at radius 2 is 1.48 bits per heavy atom. The Bertz CT molecular complexity index is 775. The van der Waals surface area contributed by atoms with Gasteiger partial charge in [0.25, 0.3) is 6.01 Å². The lowest BCUT2D eigenvalue weighted by Crippen LogP contribution is -2.49. The smallest absolute Gasteiger partial charge is 0.416 e. The molecule has 0 radical (unpaired) electrons. The second-order valence-corrected chi connectivity index (χ2v) is 6.36. The average Bonchev–Trinajstić information content (AvgIpc) is 3.04. The van der Waals surface area contributed by atoms with Crippen molar-refractivity contribution in [1.82, 2.24) is 9.88 Å². The minimum absolute atomic E-state index is 0.219. The molecule has 29 heavy (non-hydrogen) atoms. The fourth-order valence-corrected chi connectivity index (χ4v) is 2.95. The second-order valence-electron chi connectivity index (χ2n) is 6.36. The lowest BCUT2D eigenvalue weighted by molar-refractivity contribution is -0.146. The Balaban J connectivity index is 0.00000145. The lowest BCUT2D eigenvalue weighted by atomic mass is 10.1. The molecule has 2 aromatic rings. The lowest BCUT2D eigenvalue weighted by Gasteiger charge is -2.34. The summed E-state index contributed by atoms with van der Waals surface area (Å²) in [6, 6.07) is 4.80. The summed E-state index contributed by atoms with van der Waals surface area (Å²) in [4.78, 5) is 7.32. The molecule has 0 atom stereocenters. The van der Waals surface area contributed by atoms with Crippen molar-refractivity contribution in [1.29, 1.82) is 0 Å². The fourth-order valence-electron chi connectivity index (χ4n) is 2.95. The van der Waals surface area contributed by atoms with Crippen molar-refractivity contribution in [2.24, 2.45) is 0 Å². The maximum absolute atomic E-state index is 12.7. The molecule has 0 spiro atoms. The number of rotatable bonds is 3. The van der Waals surface area contributed by atoms with Gasteiger partial charge >= 0.3 is 12.4 Å². The molecular weight excluding hydrogens is 400 g/mol. The topological polar surface area (TPSA) is 32.5 Å². The van der Waals surface area contributed by atoms with Gasteiger partial charge in [-0.15, -0.1) is 0 Å². The van der Waals surface area contributed by atoms with Crippen molar-refractivity contribution in [3.05, 3.63) is 35.5 Å². The third kappa shape index (κ3) is 6.12. The van der Waals surface area contributed by atoms with Crippen LogP contribution in [0.15, 0.2) is 28.7 Å². The van der Waals surface area contributed by atoms with Crippen LogP contribution in [-0.2, 0) is 6.18 Å². The minimum Gasteiger partial charge on any atom is -0.423 e. The Morgan fingerprint density at radius 3 is 1.97 bits per heavy atom. The number of hydrogen-bond acceptors (Lipinski definition) is 4. The first-order chi connectivity index (χ1) is 13.5. The van der Waals surface area contributed by atoms with Crippen molar-refractivity contribution in [3.8, 4) is 11.3 Å². The number of halogens is 6. The van der Waals surface area contributed by atoms with Gasteiger partial charge in [0.05, 0.1) is 17.8 Å². The van der Waals surface area contributed by atoms with Crippen LogP contribution in [0, 0.1) is 6.92 Å². The molecule has 0 N–H and O–H groups in total. The number of hydrogen-bond donors (Lipinski definition) is 0. The molecule has 0 aliphatic carbocycles. The van der Waals surface area contributed by atoms with Gasteiger partial charge in [0.2, 0.25) is 0 Å². The van der Waals surface area contributed by atoms with E-state index >= 15 is 0 Å². The van der Waals surface area contributed by atoms with E-state index in [1.165, 1.54) is 17.0 Å². The zero-order chi connectivity index (χ0) is 21.8. The van der Waals surface area contributed by atoms with Gasteiger partial charge in [0.15, 0.2) is 5.76 Å². The van der Waals surface area contributed by atoms with E-state index in [2.05, 4.69) is 4.98 Å². The highest BCUT2D eigenvalue weighted by molar-refractivity contribution is 5.61. The highest BCUT2D eigenvalue weighted by atomic mass is 19.4. The Morgan fingerprint density at radius 1 is 0.931 bits per heavy atom. The van der Waals surface area contributed by atoms with Crippen molar-refractivity contribution in [3.63, 3.8) is 0 Å². The van der Waals surface area contributed by atoms with E-state index in [1.807, 2.05) is 13.8 Å². The van der Waals surface area contributed by atoms with E-state index in [0.717, 1.165) is 12.1 Å². The number of anilines is 1. The third-order valence-electron chi connectivity index (χ3n) is 4.31. The van der Waals surface area contributed by atoms with Crippen LogP contribution in [0.1, 0.15) is 25.1 Å². The molecule has 4 nitrogen and oxygen atoms in total. The van der Waals surface area contributed by atoms with Gasteiger partial charge < -0.3 is 9.32 Å². The average molecular weight is 423 g/mol. The van der Waals surface area contributed by atoms with Crippen molar-refractivity contribution < 1.29 is 30.8 Å². The molecule has 3 rings (SSSR count). The highest BCUT2D eigenvalue weighted by Gasteiger charge is 2.33. The summed E-state index contributed by atoms with van der Waals surface area (Å²) in [6.45, 7) is 5.79. The van der Waals surface area contributed by atoms with E-state index in [0.29, 0.717) is 30.1 Å². The Hall–Kier alpha value is -2.23. The molecule has 0 unspecified atom stereocenters. The van der Waals surface area contributed by atoms with Gasteiger partial charge in [-0.25, -0.2) is 0 Å². The number of oxazole rings is 1. The number of benzene rings is 1. The summed E-state index contributed by atoms with van der Waals surface area (Å²) in [5, 5.41) is 0. The predicted molar refractivity (Wildman–Crippen MR) is 97.7 cm³/mol. The van der Waals surface area contributed by atoms with Crippen LogP contribution in [0.3, 0.4) is 0 Å². The number of nitrogens with zero attached hydrogens (tertiary/aromatic N) is 3. The second kappa shape index (κ2) is 9.06. The number of piperazine rings is 1. The van der Waals surface area contributed by atoms with Gasteiger partial charge in [-0.1, -0.05) is 26.0 Å². The van der Waals surface area contributed by atoms with Gasteiger partial charge in [-0.05, 0) is 19.1 Å². The molecular formula is C19H23F6N3O. The van der Waals surface area contributed by atoms with Crippen LogP contribution in [0.4, 0.5) is 32.4 Å². The molecule has 1 aromatic heterocycles. The van der Waals surface area contributed by atoms with E-state index < -0.39 is 24.5 Å². The van der Waals surface area contributed by atoms with Gasteiger partial charge in [0, 0.05) is 31.7 Å². The summed E-state index contributed by atoms with van der Waals surface area (Å²) in [5.41, 5.74) is 0.196. The number of aryl methyl sites for hydroxylation is 1. The van der Waals surface area contributed by atoms with Crippen LogP contribution in [0.25, 0.3) is 11.3 Å². The molecule has 1 aliphatic rings. The molecule has 10 heteroatoms. The fraction of sp³-hybridized carbons (Fsp3) is 0.526. The zero-order valence-electron chi connectivity index (χ0n) is 16.4. The van der Waals surface area contributed by atoms with Crippen LogP contribution in [-0.4, -0.2) is 48.8 Å². The molecule has 1 fully saturated rings. The van der Waals surface area contributed by atoms with Crippen LogP contribution < -0.4 is 4.90 Å². The van der Waals surface area contributed by atoms with Gasteiger partial charge in [-0.2, -0.15) is 31.3 Å². The van der Waals surface area contributed by atoms with Crippen molar-refractivity contribution in [2.45, 2.75) is 33.1 Å². The first-order valence-corrected chi connectivity index (χ1v) is 9.22. The summed E-state index contributed by atoms with van der Waals surface area (Å²) in [6.07, 6.45) is -8.66. The standard InChI is InChI=1S/C17H17F6N3O.C2H6/c1-11-14(12-2-4-13(5-3-12)17(21,22)23)27-15(24-11)26-8-6-25(7-9-26)10-16(18,19)20;1-2/h2-5H,6-10H2,1H3;1-2H3. The molecule has 0 bridgehead atoms. The van der Waals surface area contributed by atoms with Crippen LogP contribution >= 0.6 is 0 Å². The summed E-state index contributed by atoms with van der Waals surface area (Å²) in [7, 11) is 0. The molecule has 0 saturated carbocycles. The van der Waals surface area contributed by atoms with Crippen LogP contribution in [0.2, 0.25) is 0 Å². The molecule has 1 saturated heterocycles. The molecule has 2 heterocycles. The maximum Gasteiger partial charge on any atom is 0.416 e. The third-order valence-corrected chi connectivity index (χ3v) is 4.31. The number of aromatic nitrogens is 1.